The van der Waals surface area contributed by atoms with Gasteiger partial charge >= 0.3 is 0 Å². The van der Waals surface area contributed by atoms with E-state index < -0.39 is 10.0 Å². The number of hydrogen-bond donors (Lipinski definition) is 1. The van der Waals surface area contributed by atoms with Gasteiger partial charge in [-0.1, -0.05) is 18.5 Å². The monoisotopic (exact) mass is 314 g/mol. The van der Waals surface area contributed by atoms with Crippen molar-refractivity contribution in [1.29, 1.82) is 0 Å². The van der Waals surface area contributed by atoms with Crippen LogP contribution in [-0.2, 0) is 16.6 Å². The third-order valence-corrected chi connectivity index (χ3v) is 3.75. The van der Waals surface area contributed by atoms with Crippen molar-refractivity contribution in [3.63, 3.8) is 0 Å². The number of hydrogen-bond acceptors (Lipinski definition) is 4. The van der Waals surface area contributed by atoms with E-state index in [1.54, 1.807) is 6.07 Å². The van der Waals surface area contributed by atoms with Crippen LogP contribution in [0, 0.1) is 6.92 Å². The molecule has 20 heavy (non-hydrogen) atoms. The molecule has 6 nitrogen and oxygen atoms in total. The fraction of sp³-hybridized carbons (Fsp3) is 0.333. The summed E-state index contributed by atoms with van der Waals surface area (Å²) in [6.45, 7) is 4.29. The van der Waals surface area contributed by atoms with Crippen LogP contribution < -0.4 is 5.14 Å². The Morgan fingerprint density at radius 2 is 2.00 bits per heavy atom. The summed E-state index contributed by atoms with van der Waals surface area (Å²) in [6, 6.07) is 5.40. The summed E-state index contributed by atoms with van der Waals surface area (Å²) in [4.78, 5) is 0. The molecule has 0 saturated carbocycles. The van der Waals surface area contributed by atoms with Crippen molar-refractivity contribution in [3.05, 3.63) is 28.8 Å². The van der Waals surface area contributed by atoms with Gasteiger partial charge in [-0.15, -0.1) is 10.2 Å². The zero-order valence-electron chi connectivity index (χ0n) is 11.2. The Hall–Kier alpha value is -1.44. The highest BCUT2D eigenvalue weighted by atomic mass is 35.5. The molecule has 0 bridgehead atoms. The largest absolute Gasteiger partial charge is 0.297 e. The van der Waals surface area contributed by atoms with Crippen molar-refractivity contribution >= 4 is 21.6 Å². The van der Waals surface area contributed by atoms with Crippen LogP contribution in [-0.4, -0.2) is 23.2 Å². The van der Waals surface area contributed by atoms with Crippen LogP contribution in [0.5, 0.6) is 0 Å². The first kappa shape index (κ1) is 15.0. The number of nitrogens with two attached hydrogens (primary N) is 1. The van der Waals surface area contributed by atoms with Gasteiger partial charge in [-0.2, -0.15) is 0 Å². The van der Waals surface area contributed by atoms with Crippen LogP contribution in [0.4, 0.5) is 0 Å². The quantitative estimate of drug-likeness (QED) is 0.934. The zero-order chi connectivity index (χ0) is 14.9. The highest BCUT2D eigenvalue weighted by Gasteiger charge is 2.21. The molecule has 1 aromatic heterocycles. The average molecular weight is 315 g/mol. The number of aromatic nitrogens is 3. The normalized spacial score (nSPS) is 11.8. The molecule has 0 amide bonds. The Balaban J connectivity index is 2.65. The van der Waals surface area contributed by atoms with E-state index in [1.165, 1.54) is 4.57 Å². The lowest BCUT2D eigenvalue weighted by Crippen LogP contribution is -2.19. The maximum atomic E-state index is 11.5. The molecule has 108 valence electrons. The smallest absolute Gasteiger partial charge is 0.273 e. The Bertz CT molecular complexity index is 720. The topological polar surface area (TPSA) is 90.9 Å². The van der Waals surface area contributed by atoms with Crippen molar-refractivity contribution in [2.75, 3.05) is 0 Å². The van der Waals surface area contributed by atoms with Gasteiger partial charge in [-0.25, -0.2) is 13.6 Å². The third-order valence-electron chi connectivity index (χ3n) is 2.72. The van der Waals surface area contributed by atoms with Gasteiger partial charge in [-0.05, 0) is 37.1 Å². The van der Waals surface area contributed by atoms with Crippen LogP contribution in [0.15, 0.2) is 23.4 Å². The van der Waals surface area contributed by atoms with Gasteiger partial charge in [0.25, 0.3) is 15.2 Å². The molecule has 0 radical (unpaired) electrons. The molecule has 8 heteroatoms. The first-order valence-corrected chi connectivity index (χ1v) is 7.99. The number of primary sulfonamides is 1. The SMILES string of the molecule is CCCn1c(-c2cc(C)cc(Cl)c2)nnc1S(N)(=O)=O. The summed E-state index contributed by atoms with van der Waals surface area (Å²) in [5.41, 5.74) is 1.67. The van der Waals surface area contributed by atoms with Crippen LogP contribution >= 0.6 is 11.6 Å². The molecule has 0 saturated heterocycles. The molecule has 2 aromatic rings. The van der Waals surface area contributed by atoms with Crippen LogP contribution in [0.3, 0.4) is 0 Å². The Morgan fingerprint density at radius 3 is 2.55 bits per heavy atom. The maximum absolute atomic E-state index is 11.5. The highest BCUT2D eigenvalue weighted by Crippen LogP contribution is 2.25. The van der Waals surface area contributed by atoms with E-state index in [4.69, 9.17) is 16.7 Å². The fourth-order valence-corrected chi connectivity index (χ4v) is 2.93. The molecule has 0 spiro atoms. The van der Waals surface area contributed by atoms with Crippen molar-refractivity contribution in [2.24, 2.45) is 5.14 Å². The van der Waals surface area contributed by atoms with Crippen LogP contribution in [0.2, 0.25) is 5.02 Å². The van der Waals surface area contributed by atoms with Crippen molar-refractivity contribution < 1.29 is 8.42 Å². The summed E-state index contributed by atoms with van der Waals surface area (Å²) < 4.78 is 24.6. The molecular formula is C12H15ClN4O2S. The second-order valence-electron chi connectivity index (χ2n) is 4.52. The number of sulfonamides is 1. The average Bonchev–Trinajstić information content (AvgIpc) is 2.71. The lowest BCUT2D eigenvalue weighted by Gasteiger charge is -2.08. The van der Waals surface area contributed by atoms with Gasteiger partial charge in [0.15, 0.2) is 5.82 Å². The highest BCUT2D eigenvalue weighted by molar-refractivity contribution is 7.89. The van der Waals surface area contributed by atoms with Crippen molar-refractivity contribution in [1.82, 2.24) is 14.8 Å². The second kappa shape index (κ2) is 5.51. The molecular weight excluding hydrogens is 300 g/mol. The summed E-state index contributed by atoms with van der Waals surface area (Å²) in [5.74, 6) is 0.446. The van der Waals surface area contributed by atoms with Crippen molar-refractivity contribution in [2.45, 2.75) is 32.0 Å². The number of halogens is 1. The molecule has 0 atom stereocenters. The van der Waals surface area contributed by atoms with E-state index in [-0.39, 0.29) is 5.16 Å². The molecule has 2 N–H and O–H groups in total. The standard InChI is InChI=1S/C12H15ClN4O2S/c1-3-4-17-11(15-16-12(17)20(14,18)19)9-5-8(2)6-10(13)7-9/h5-7H,3-4H2,1-2H3,(H2,14,18,19). The lowest BCUT2D eigenvalue weighted by atomic mass is 10.1. The molecule has 2 rings (SSSR count). The van der Waals surface area contributed by atoms with Crippen molar-refractivity contribution in [3.8, 4) is 11.4 Å². The first-order chi connectivity index (χ1) is 9.32. The molecule has 1 heterocycles. The predicted octanol–water partition coefficient (Wildman–Crippen LogP) is 1.96. The van der Waals surface area contributed by atoms with E-state index in [0.717, 1.165) is 12.0 Å². The van der Waals surface area contributed by atoms with E-state index in [2.05, 4.69) is 10.2 Å². The molecule has 0 aliphatic carbocycles. The third kappa shape index (κ3) is 3.00. The van der Waals surface area contributed by atoms with Gasteiger partial charge in [0.2, 0.25) is 0 Å². The minimum absolute atomic E-state index is 0.230. The number of benzene rings is 1. The van der Waals surface area contributed by atoms with Gasteiger partial charge in [0.1, 0.15) is 0 Å². The van der Waals surface area contributed by atoms with Gasteiger partial charge in [0, 0.05) is 17.1 Å². The fourth-order valence-electron chi connectivity index (χ4n) is 2.00. The minimum Gasteiger partial charge on any atom is -0.297 e. The zero-order valence-corrected chi connectivity index (χ0v) is 12.7. The molecule has 0 unspecified atom stereocenters. The summed E-state index contributed by atoms with van der Waals surface area (Å²) in [5, 5.41) is 13.1. The summed E-state index contributed by atoms with van der Waals surface area (Å²) in [6.07, 6.45) is 0.729. The Labute approximate surface area is 122 Å². The van der Waals surface area contributed by atoms with E-state index in [9.17, 15) is 8.42 Å². The van der Waals surface area contributed by atoms with E-state index >= 15 is 0 Å². The van der Waals surface area contributed by atoms with Crippen LogP contribution in [0.1, 0.15) is 18.9 Å². The number of nitrogens with zero attached hydrogens (tertiary/aromatic N) is 3. The number of aryl methyl sites for hydroxylation is 1. The first-order valence-electron chi connectivity index (χ1n) is 6.06. The lowest BCUT2D eigenvalue weighted by molar-refractivity contribution is 0.559. The minimum atomic E-state index is -3.91. The van der Waals surface area contributed by atoms with Crippen LogP contribution in [0.25, 0.3) is 11.4 Å². The predicted molar refractivity (Wildman–Crippen MR) is 76.9 cm³/mol. The van der Waals surface area contributed by atoms with Gasteiger partial charge < -0.3 is 0 Å². The van der Waals surface area contributed by atoms with Gasteiger partial charge in [0.05, 0.1) is 0 Å². The van der Waals surface area contributed by atoms with E-state index in [0.29, 0.717) is 23.0 Å². The molecule has 0 aliphatic heterocycles. The Morgan fingerprint density at radius 1 is 1.30 bits per heavy atom. The van der Waals surface area contributed by atoms with Gasteiger partial charge in [-0.3, -0.25) is 4.57 Å². The summed E-state index contributed by atoms with van der Waals surface area (Å²) in [7, 11) is -3.91. The molecule has 0 fully saturated rings. The second-order valence-corrected chi connectivity index (χ2v) is 6.41. The molecule has 1 aromatic carbocycles. The van der Waals surface area contributed by atoms with E-state index in [1.807, 2.05) is 26.0 Å². The number of rotatable bonds is 4. The summed E-state index contributed by atoms with van der Waals surface area (Å²) >= 11 is 6.03. The maximum Gasteiger partial charge on any atom is 0.273 e. The Kier molecular flexibility index (Phi) is 4.12. The molecule has 0 aliphatic rings.